The van der Waals surface area contributed by atoms with Gasteiger partial charge in [0.25, 0.3) is 5.91 Å². The fourth-order valence-corrected chi connectivity index (χ4v) is 4.50. The van der Waals surface area contributed by atoms with E-state index in [1.165, 1.54) is 17.2 Å². The Bertz CT molecular complexity index is 1220. The van der Waals surface area contributed by atoms with Crippen LogP contribution in [-0.2, 0) is 20.8 Å². The number of benzene rings is 2. The molecule has 2 aliphatic heterocycles. The van der Waals surface area contributed by atoms with Gasteiger partial charge in [-0.25, -0.2) is 4.39 Å². The molecule has 1 amide bonds. The van der Waals surface area contributed by atoms with Crippen LogP contribution in [0.3, 0.4) is 0 Å². The molecule has 2 aromatic carbocycles. The maximum atomic E-state index is 14.3. The third-order valence-electron chi connectivity index (χ3n) is 6.80. The molecule has 0 radical (unpaired) electrons. The SMILES string of the molecule is C=C/C=C\C1=CO/C(=C\c2ccc(C(O)N(C)CCCN3CCOCC3)cc2)C(=O)N1Cc1ccccc1F. The zero-order valence-electron chi connectivity index (χ0n) is 22.3. The molecule has 0 aromatic heterocycles. The number of ether oxygens (including phenoxy) is 2. The second-order valence-corrected chi connectivity index (χ2v) is 9.58. The fourth-order valence-electron chi connectivity index (χ4n) is 4.50. The number of carbonyl (C=O) groups excluding carboxylic acids is 1. The molecule has 1 saturated heterocycles. The molecule has 39 heavy (non-hydrogen) atoms. The Kier molecular flexibility index (Phi) is 10.2. The first-order valence-corrected chi connectivity index (χ1v) is 13.2. The highest BCUT2D eigenvalue weighted by Gasteiger charge is 2.27. The first-order valence-electron chi connectivity index (χ1n) is 13.2. The predicted molar refractivity (Wildman–Crippen MR) is 149 cm³/mol. The van der Waals surface area contributed by atoms with Crippen LogP contribution in [0.25, 0.3) is 6.08 Å². The Labute approximate surface area is 229 Å². The highest BCUT2D eigenvalue weighted by molar-refractivity contribution is 5.98. The van der Waals surface area contributed by atoms with Crippen LogP contribution in [0.5, 0.6) is 0 Å². The molecule has 1 fully saturated rings. The van der Waals surface area contributed by atoms with Crippen LogP contribution < -0.4 is 0 Å². The van der Waals surface area contributed by atoms with Crippen molar-refractivity contribution < 1.29 is 23.8 Å². The van der Waals surface area contributed by atoms with Gasteiger partial charge < -0.3 is 14.6 Å². The molecule has 1 atom stereocenters. The van der Waals surface area contributed by atoms with E-state index in [1.807, 2.05) is 36.2 Å². The summed E-state index contributed by atoms with van der Waals surface area (Å²) in [6, 6.07) is 13.7. The molecular weight excluding hydrogens is 497 g/mol. The number of nitrogens with zero attached hydrogens (tertiary/aromatic N) is 3. The molecule has 0 spiro atoms. The molecule has 8 heteroatoms. The maximum Gasteiger partial charge on any atom is 0.294 e. The first kappa shape index (κ1) is 28.4. The largest absolute Gasteiger partial charge is 0.457 e. The van der Waals surface area contributed by atoms with E-state index in [0.717, 1.165) is 56.9 Å². The van der Waals surface area contributed by atoms with Crippen molar-refractivity contribution >= 4 is 12.0 Å². The van der Waals surface area contributed by atoms with E-state index in [9.17, 15) is 14.3 Å². The van der Waals surface area contributed by atoms with E-state index < -0.39 is 6.23 Å². The lowest BCUT2D eigenvalue weighted by Crippen LogP contribution is -2.38. The highest BCUT2D eigenvalue weighted by atomic mass is 19.1. The Balaban J connectivity index is 1.41. The van der Waals surface area contributed by atoms with E-state index in [-0.39, 0.29) is 24.0 Å². The van der Waals surface area contributed by atoms with Crippen molar-refractivity contribution in [2.24, 2.45) is 0 Å². The minimum Gasteiger partial charge on any atom is -0.457 e. The van der Waals surface area contributed by atoms with Gasteiger partial charge in [-0.3, -0.25) is 19.5 Å². The maximum absolute atomic E-state index is 14.3. The standard InChI is InChI=1S/C31H36FN3O4/c1-3-4-9-27-23-39-29(31(37)35(27)22-26-8-5-6-10-28(26)32)21-24-11-13-25(14-12-24)30(36)33(2)15-7-16-34-17-19-38-20-18-34/h3-6,8-14,21,23,30,36H,1,7,15-20,22H2,2H3/b9-4-,29-21-. The van der Waals surface area contributed by atoms with Gasteiger partial charge in [0.05, 0.1) is 25.5 Å². The quantitative estimate of drug-likeness (QED) is 0.262. The number of allylic oxidation sites excluding steroid dienone is 3. The van der Waals surface area contributed by atoms with Crippen LogP contribution in [0, 0.1) is 5.82 Å². The van der Waals surface area contributed by atoms with E-state index >= 15 is 0 Å². The summed E-state index contributed by atoms with van der Waals surface area (Å²) in [5.74, 6) is -0.640. The molecule has 2 heterocycles. The van der Waals surface area contributed by atoms with Crippen LogP contribution in [-0.4, -0.2) is 72.2 Å². The van der Waals surface area contributed by atoms with E-state index in [2.05, 4.69) is 11.5 Å². The lowest BCUT2D eigenvalue weighted by atomic mass is 10.1. The van der Waals surface area contributed by atoms with E-state index in [1.54, 1.807) is 42.5 Å². The van der Waals surface area contributed by atoms with E-state index in [0.29, 0.717) is 11.3 Å². The molecular formula is C31H36FN3O4. The summed E-state index contributed by atoms with van der Waals surface area (Å²) in [6.45, 7) is 8.95. The number of amides is 1. The van der Waals surface area contributed by atoms with Crippen molar-refractivity contribution in [3.8, 4) is 0 Å². The van der Waals surface area contributed by atoms with Gasteiger partial charge in [0, 0.05) is 25.2 Å². The molecule has 0 saturated carbocycles. The predicted octanol–water partition coefficient (Wildman–Crippen LogP) is 4.45. The topological polar surface area (TPSA) is 65.5 Å². The van der Waals surface area contributed by atoms with Crippen molar-refractivity contribution in [3.63, 3.8) is 0 Å². The third kappa shape index (κ3) is 7.74. The number of aliphatic hydroxyl groups is 1. The number of hydrogen-bond donors (Lipinski definition) is 1. The van der Waals surface area contributed by atoms with Crippen molar-refractivity contribution in [2.75, 3.05) is 46.4 Å². The van der Waals surface area contributed by atoms with Crippen molar-refractivity contribution in [1.29, 1.82) is 0 Å². The summed E-state index contributed by atoms with van der Waals surface area (Å²) in [5.41, 5.74) is 2.40. The zero-order chi connectivity index (χ0) is 27.6. The number of halogens is 1. The second kappa shape index (κ2) is 14.0. The van der Waals surface area contributed by atoms with E-state index in [4.69, 9.17) is 9.47 Å². The lowest BCUT2D eigenvalue weighted by Gasteiger charge is -2.29. The van der Waals surface area contributed by atoms with Crippen molar-refractivity contribution in [3.05, 3.63) is 114 Å². The average Bonchev–Trinajstić information content (AvgIpc) is 2.96. The lowest BCUT2D eigenvalue weighted by molar-refractivity contribution is -0.129. The fraction of sp³-hybridized carbons (Fsp3) is 0.323. The minimum atomic E-state index is -0.734. The Hall–Kier alpha value is -3.56. The van der Waals surface area contributed by atoms with Crippen LogP contribution in [0.2, 0.25) is 0 Å². The number of morpholine rings is 1. The number of hydrogen-bond acceptors (Lipinski definition) is 6. The molecule has 7 nitrogen and oxygen atoms in total. The summed E-state index contributed by atoms with van der Waals surface area (Å²) >= 11 is 0. The van der Waals surface area contributed by atoms with Gasteiger partial charge in [0.1, 0.15) is 18.3 Å². The molecule has 206 valence electrons. The zero-order valence-corrected chi connectivity index (χ0v) is 22.3. The van der Waals surface area contributed by atoms with Gasteiger partial charge in [0.2, 0.25) is 0 Å². The summed E-state index contributed by atoms with van der Waals surface area (Å²) < 4.78 is 25.4. The highest BCUT2D eigenvalue weighted by Crippen LogP contribution is 2.25. The summed E-state index contributed by atoms with van der Waals surface area (Å²) in [5, 5.41) is 10.8. The van der Waals surface area contributed by atoms with Crippen molar-refractivity contribution in [2.45, 2.75) is 19.2 Å². The second-order valence-electron chi connectivity index (χ2n) is 9.58. The molecule has 4 rings (SSSR count). The van der Waals surface area contributed by atoms with Crippen LogP contribution in [0.4, 0.5) is 4.39 Å². The van der Waals surface area contributed by atoms with Crippen LogP contribution in [0.15, 0.2) is 91.1 Å². The molecule has 0 bridgehead atoms. The molecule has 0 aliphatic carbocycles. The average molecular weight is 534 g/mol. The van der Waals surface area contributed by atoms with Gasteiger partial charge in [-0.15, -0.1) is 0 Å². The molecule has 2 aromatic rings. The van der Waals surface area contributed by atoms with Crippen LogP contribution in [0.1, 0.15) is 29.3 Å². The monoisotopic (exact) mass is 533 g/mol. The first-order chi connectivity index (χ1) is 19.0. The van der Waals surface area contributed by atoms with Gasteiger partial charge >= 0.3 is 0 Å². The van der Waals surface area contributed by atoms with Crippen molar-refractivity contribution in [1.82, 2.24) is 14.7 Å². The smallest absolute Gasteiger partial charge is 0.294 e. The minimum absolute atomic E-state index is 0.0581. The Morgan fingerprint density at radius 3 is 2.62 bits per heavy atom. The Morgan fingerprint density at radius 2 is 1.90 bits per heavy atom. The number of rotatable bonds is 11. The van der Waals surface area contributed by atoms with Gasteiger partial charge in [-0.05, 0) is 49.4 Å². The van der Waals surface area contributed by atoms with Gasteiger partial charge in [-0.2, -0.15) is 0 Å². The number of aliphatic hydroxyl groups excluding tert-OH is 1. The molecule has 1 unspecified atom stereocenters. The Morgan fingerprint density at radius 1 is 1.15 bits per heavy atom. The van der Waals surface area contributed by atoms with Gasteiger partial charge in [0.15, 0.2) is 5.76 Å². The molecule has 1 N–H and O–H groups in total. The molecule has 2 aliphatic rings. The summed E-state index contributed by atoms with van der Waals surface area (Å²) in [4.78, 5) is 19.1. The van der Waals surface area contributed by atoms with Crippen LogP contribution >= 0.6 is 0 Å². The number of carbonyl (C=O) groups is 1. The normalized spacial score (nSPS) is 18.5. The summed E-state index contributed by atoms with van der Waals surface area (Å²) in [7, 11) is 1.91. The summed E-state index contributed by atoms with van der Waals surface area (Å²) in [6.07, 6.45) is 8.31. The third-order valence-corrected chi connectivity index (χ3v) is 6.80. The van der Waals surface area contributed by atoms with Gasteiger partial charge in [-0.1, -0.05) is 61.2 Å².